The van der Waals surface area contributed by atoms with Crippen molar-refractivity contribution in [3.8, 4) is 16.9 Å². The summed E-state index contributed by atoms with van der Waals surface area (Å²) in [5.41, 5.74) is 1.12. The van der Waals surface area contributed by atoms with E-state index in [9.17, 15) is 17.6 Å². The molecule has 5 nitrogen and oxygen atoms in total. The number of hydrogen-bond acceptors (Lipinski definition) is 5. The molecule has 0 aliphatic rings. The summed E-state index contributed by atoms with van der Waals surface area (Å²) in [6.45, 7) is 0. The van der Waals surface area contributed by atoms with Gasteiger partial charge in [-0.3, -0.25) is 0 Å². The van der Waals surface area contributed by atoms with Crippen molar-refractivity contribution in [2.24, 2.45) is 0 Å². The number of hydrogen-bond donors (Lipinski definition) is 0. The molecule has 0 aliphatic heterocycles. The van der Waals surface area contributed by atoms with E-state index < -0.39 is 21.6 Å². The first-order valence-electron chi connectivity index (χ1n) is 8.26. The van der Waals surface area contributed by atoms with E-state index >= 15 is 0 Å². The van der Waals surface area contributed by atoms with Gasteiger partial charge in [0.05, 0.1) is 0 Å². The Balaban J connectivity index is 1.76. The molecule has 0 spiro atoms. The third kappa shape index (κ3) is 3.52. The molecule has 0 unspecified atom stereocenters. The lowest BCUT2D eigenvalue weighted by Crippen LogP contribution is -2.09. The first-order chi connectivity index (χ1) is 13.4. The highest BCUT2D eigenvalue weighted by atomic mass is 32.2. The fourth-order valence-electron chi connectivity index (χ4n) is 2.83. The van der Waals surface area contributed by atoms with Crippen molar-refractivity contribution in [1.29, 1.82) is 0 Å². The number of rotatable bonds is 4. The minimum Gasteiger partial charge on any atom is -0.423 e. The highest BCUT2D eigenvalue weighted by molar-refractivity contribution is 7.87. The van der Waals surface area contributed by atoms with Gasteiger partial charge >= 0.3 is 15.7 Å². The molecule has 3 aromatic carbocycles. The van der Waals surface area contributed by atoms with Gasteiger partial charge in [-0.15, -0.1) is 0 Å². The Labute approximate surface area is 159 Å². The third-order valence-corrected chi connectivity index (χ3v) is 5.37. The van der Waals surface area contributed by atoms with Crippen LogP contribution < -0.4 is 9.81 Å². The second-order valence-corrected chi connectivity index (χ2v) is 7.54. The normalized spacial score (nSPS) is 11.5. The lowest BCUT2D eigenvalue weighted by atomic mass is 10.0. The molecule has 0 fully saturated rings. The lowest BCUT2D eigenvalue weighted by Gasteiger charge is -2.09. The molecule has 28 heavy (non-hydrogen) atoms. The quantitative estimate of drug-likeness (QED) is 0.378. The van der Waals surface area contributed by atoms with Crippen molar-refractivity contribution >= 4 is 21.1 Å². The van der Waals surface area contributed by atoms with Crippen LogP contribution in [0.2, 0.25) is 0 Å². The minimum atomic E-state index is -4.16. The minimum absolute atomic E-state index is 0.0230. The van der Waals surface area contributed by atoms with Crippen LogP contribution in [0.5, 0.6) is 5.75 Å². The first kappa shape index (κ1) is 17.9. The summed E-state index contributed by atoms with van der Waals surface area (Å²) in [5.74, 6) is -0.579. The first-order valence-corrected chi connectivity index (χ1v) is 9.67. The van der Waals surface area contributed by atoms with Gasteiger partial charge in [-0.2, -0.15) is 8.42 Å². The van der Waals surface area contributed by atoms with Gasteiger partial charge in [-0.05, 0) is 47.5 Å². The molecule has 0 amide bonds. The molecule has 0 bridgehead atoms. The number of halogens is 1. The van der Waals surface area contributed by atoms with E-state index in [0.717, 1.165) is 29.8 Å². The zero-order valence-corrected chi connectivity index (χ0v) is 15.1. The summed E-state index contributed by atoms with van der Waals surface area (Å²) in [6.07, 6.45) is 0. The van der Waals surface area contributed by atoms with Gasteiger partial charge in [0, 0.05) is 17.5 Å². The molecule has 0 N–H and O–H groups in total. The molecule has 1 heterocycles. The molecule has 0 radical (unpaired) electrons. The fraction of sp³-hybridized carbons (Fsp3) is 0. The van der Waals surface area contributed by atoms with Crippen molar-refractivity contribution in [3.05, 3.63) is 95.1 Å². The highest BCUT2D eigenvalue weighted by Crippen LogP contribution is 2.30. The second kappa shape index (κ2) is 6.94. The number of benzene rings is 3. The van der Waals surface area contributed by atoms with Crippen LogP contribution in [0.1, 0.15) is 0 Å². The second-order valence-electron chi connectivity index (χ2n) is 5.99. The van der Waals surface area contributed by atoms with Gasteiger partial charge in [0.15, 0.2) is 0 Å². The van der Waals surface area contributed by atoms with Gasteiger partial charge in [0.2, 0.25) is 0 Å². The standard InChI is InChI=1S/C21H13FO5S/c22-15-6-9-17(10-7-15)28(24,25)27-16-8-11-18-19(14-4-2-1-3-5-14)13-21(23)26-20(18)12-16/h1-13H. The van der Waals surface area contributed by atoms with E-state index in [1.165, 1.54) is 18.2 Å². The summed E-state index contributed by atoms with van der Waals surface area (Å²) in [4.78, 5) is 11.8. The summed E-state index contributed by atoms with van der Waals surface area (Å²) >= 11 is 0. The molecule has 0 atom stereocenters. The SMILES string of the molecule is O=c1cc(-c2ccccc2)c2ccc(OS(=O)(=O)c3ccc(F)cc3)cc2o1. The fourth-order valence-corrected chi connectivity index (χ4v) is 3.75. The summed E-state index contributed by atoms with van der Waals surface area (Å²) in [6, 6.07) is 19.4. The van der Waals surface area contributed by atoms with E-state index in [1.807, 2.05) is 30.3 Å². The molecule has 4 rings (SSSR count). The topological polar surface area (TPSA) is 73.6 Å². The predicted molar refractivity (Wildman–Crippen MR) is 102 cm³/mol. The Bertz CT molecular complexity index is 1310. The van der Waals surface area contributed by atoms with Crippen molar-refractivity contribution in [2.45, 2.75) is 4.90 Å². The van der Waals surface area contributed by atoms with E-state index in [1.54, 1.807) is 6.07 Å². The van der Waals surface area contributed by atoms with E-state index in [2.05, 4.69) is 0 Å². The Morgan fingerprint density at radius 3 is 2.29 bits per heavy atom. The zero-order chi connectivity index (χ0) is 19.7. The molecule has 0 saturated heterocycles. The molecule has 0 saturated carbocycles. The molecule has 1 aromatic heterocycles. The molecular weight excluding hydrogens is 383 g/mol. The average Bonchev–Trinajstić information content (AvgIpc) is 2.68. The van der Waals surface area contributed by atoms with Crippen molar-refractivity contribution in [1.82, 2.24) is 0 Å². The Morgan fingerprint density at radius 2 is 1.57 bits per heavy atom. The van der Waals surface area contributed by atoms with E-state index in [0.29, 0.717) is 10.9 Å². The Hall–Kier alpha value is -3.45. The summed E-state index contributed by atoms with van der Waals surface area (Å²) in [5, 5.41) is 0.636. The molecular formula is C21H13FO5S. The Kier molecular flexibility index (Phi) is 4.44. The molecule has 0 aliphatic carbocycles. The van der Waals surface area contributed by atoms with Crippen LogP contribution in [0.25, 0.3) is 22.1 Å². The van der Waals surface area contributed by atoms with Crippen LogP contribution in [0, 0.1) is 5.82 Å². The zero-order valence-electron chi connectivity index (χ0n) is 14.3. The van der Waals surface area contributed by atoms with Crippen LogP contribution in [-0.2, 0) is 10.1 Å². The molecule has 7 heteroatoms. The van der Waals surface area contributed by atoms with Crippen LogP contribution in [0.3, 0.4) is 0 Å². The number of fused-ring (bicyclic) bond motifs is 1. The maximum atomic E-state index is 13.0. The summed E-state index contributed by atoms with van der Waals surface area (Å²) < 4.78 is 48.1. The van der Waals surface area contributed by atoms with Gasteiger partial charge in [-0.25, -0.2) is 9.18 Å². The van der Waals surface area contributed by atoms with Crippen LogP contribution in [0.4, 0.5) is 4.39 Å². The van der Waals surface area contributed by atoms with Crippen LogP contribution in [0.15, 0.2) is 93.0 Å². The van der Waals surface area contributed by atoms with Gasteiger partial charge < -0.3 is 8.60 Å². The monoisotopic (exact) mass is 396 g/mol. The smallest absolute Gasteiger partial charge is 0.339 e. The van der Waals surface area contributed by atoms with Crippen LogP contribution >= 0.6 is 0 Å². The van der Waals surface area contributed by atoms with Gasteiger partial charge in [0.25, 0.3) is 0 Å². The lowest BCUT2D eigenvalue weighted by molar-refractivity contribution is 0.485. The molecule has 140 valence electrons. The van der Waals surface area contributed by atoms with Crippen molar-refractivity contribution < 1.29 is 21.4 Å². The van der Waals surface area contributed by atoms with Crippen molar-refractivity contribution in [3.63, 3.8) is 0 Å². The largest absolute Gasteiger partial charge is 0.423 e. The van der Waals surface area contributed by atoms with E-state index in [4.69, 9.17) is 8.60 Å². The van der Waals surface area contributed by atoms with E-state index in [-0.39, 0.29) is 16.2 Å². The van der Waals surface area contributed by atoms with Gasteiger partial charge in [-0.1, -0.05) is 30.3 Å². The van der Waals surface area contributed by atoms with Crippen LogP contribution in [-0.4, -0.2) is 8.42 Å². The van der Waals surface area contributed by atoms with Crippen molar-refractivity contribution in [2.75, 3.05) is 0 Å². The maximum Gasteiger partial charge on any atom is 0.339 e. The highest BCUT2D eigenvalue weighted by Gasteiger charge is 2.18. The van der Waals surface area contributed by atoms with Gasteiger partial charge in [0.1, 0.15) is 22.0 Å². The Morgan fingerprint density at radius 1 is 0.857 bits per heavy atom. The summed E-state index contributed by atoms with van der Waals surface area (Å²) in [7, 11) is -4.16. The third-order valence-electron chi connectivity index (χ3n) is 4.11. The predicted octanol–water partition coefficient (Wildman–Crippen LogP) is 4.37. The average molecular weight is 396 g/mol. The maximum absolute atomic E-state index is 13.0. The molecule has 4 aromatic rings.